The summed E-state index contributed by atoms with van der Waals surface area (Å²) < 4.78 is 28.7. The van der Waals surface area contributed by atoms with E-state index in [1.54, 1.807) is 37.2 Å². The number of nitrogens with one attached hydrogen (secondary N) is 1. The van der Waals surface area contributed by atoms with Gasteiger partial charge in [-0.1, -0.05) is 97.3 Å². The van der Waals surface area contributed by atoms with E-state index in [0.29, 0.717) is 98.2 Å². The molecule has 13 atom stereocenters. The summed E-state index contributed by atoms with van der Waals surface area (Å²) in [6.45, 7) is 20.0. The molecule has 20 heteroatoms. The number of ketones is 3. The summed E-state index contributed by atoms with van der Waals surface area (Å²) in [5.41, 5.74) is 10.5. The number of hydrogen-bond acceptors (Lipinski definition) is 18. The van der Waals surface area contributed by atoms with E-state index in [1.165, 1.54) is 12.7 Å². The predicted octanol–water partition coefficient (Wildman–Crippen LogP) is 13.8. The highest BCUT2D eigenvalue weighted by Crippen LogP contribution is 2.60. The fourth-order valence-corrected chi connectivity index (χ4v) is 20.5. The second-order valence-corrected chi connectivity index (χ2v) is 31.4. The average Bonchev–Trinajstić information content (AvgIpc) is 1.60. The second kappa shape index (κ2) is 27.8. The van der Waals surface area contributed by atoms with Gasteiger partial charge in [0, 0.05) is 147 Å². The summed E-state index contributed by atoms with van der Waals surface area (Å²) >= 11 is 6.52. The maximum atomic E-state index is 12.8. The Kier molecular flexibility index (Phi) is 19.4. The molecule has 2 saturated heterocycles. The van der Waals surface area contributed by atoms with Crippen molar-refractivity contribution in [2.24, 2.45) is 58.7 Å². The molecule has 1 unspecified atom stereocenters. The number of aromatic nitrogens is 9. The van der Waals surface area contributed by atoms with Gasteiger partial charge in [0.2, 0.25) is 0 Å². The molecule has 101 heavy (non-hydrogen) atoms. The van der Waals surface area contributed by atoms with Gasteiger partial charge in [0.1, 0.15) is 28.5 Å². The van der Waals surface area contributed by atoms with Crippen molar-refractivity contribution in [2.75, 3.05) is 33.5 Å². The standard InChI is InChI=1S/C25H25N3O.C21H25N3O3.C19H20ClN3O.C16H24O5/c1-16-20-9-8-19-22(17-6-4-3-5-7-17)27-24(18-11-14-26-15-12-18)28-23(19)25(20,2)13-10-21(16)29;1-13-16-4-3-15-17(20(16,2)7-8-21(13)26-11-12-27-21)23-18(24-19(15)25)14-5-9-22-10-6-14;1-11-14-4-3-13-16(19(14,2)8-5-15(11)24)22-18(23-17(13)20)12-6-9-21-10-7-12;1-10-12-5-4-11(14(18)19-3)13(17)15(12,2)6-7-16(10)20-8-9-21-16/h3-7,11-12,14-16,20H,8-10,13H2,1-2H3;5-6,9-10,13,16H,3-4,7-8,11-12H2,1-2H3,(H,23,24,25);6-7,9-11,14H,3-5,8H2,1-2H3;10-12H,4-9H2,1-3H3/t16-,20-,25-;13-,16-,20-;11-,14-,19-;10-,11?,12-,15-/m1111/s1. The number of benzene rings is 1. The van der Waals surface area contributed by atoms with Crippen molar-refractivity contribution >= 4 is 34.9 Å². The van der Waals surface area contributed by atoms with Crippen molar-refractivity contribution in [2.45, 2.75) is 186 Å². The van der Waals surface area contributed by atoms with Crippen molar-refractivity contribution < 1.29 is 42.9 Å². The fraction of sp³-hybridized carbons (Fsp3) is 0.543. The van der Waals surface area contributed by atoms with Crippen LogP contribution in [0.25, 0.3) is 45.4 Å². The maximum absolute atomic E-state index is 12.8. The van der Waals surface area contributed by atoms with Gasteiger partial charge in [-0.2, -0.15) is 0 Å². The lowest BCUT2D eigenvalue weighted by molar-refractivity contribution is -0.244. The van der Waals surface area contributed by atoms with E-state index in [4.69, 9.17) is 55.2 Å². The SMILES string of the molecule is COC(=O)C1CC[C@@H]2[C@@H](C)C3(CC[C@@]2(C)C1=O)OCCO3.C[C@@H]1[C@H]2CCc3c(nc(-c4ccncc4)[nH]c3=O)[C@]2(C)CCC12OCCO2.C[C@H]1C(=O)CC[C@@]2(C)c3nc(-c4ccncc4)nc(-c4ccccc4)c3CC[C@H]12.C[C@H]1C(=O)CC[C@@]2(C)c3nc(-c4ccncc4)nc(Cl)c3CC[C@H]12. The van der Waals surface area contributed by atoms with E-state index >= 15 is 0 Å². The highest BCUT2D eigenvalue weighted by Gasteiger charge is 2.62. The summed E-state index contributed by atoms with van der Waals surface area (Å²) in [6.07, 6.45) is 23.6. The molecule has 8 heterocycles. The second-order valence-electron chi connectivity index (χ2n) is 31.0. The van der Waals surface area contributed by atoms with Crippen LogP contribution in [-0.2, 0) is 78.4 Å². The van der Waals surface area contributed by atoms with Crippen molar-refractivity contribution in [1.29, 1.82) is 0 Å². The molecule has 19 nitrogen and oxygen atoms in total. The molecule has 2 aliphatic heterocycles. The van der Waals surface area contributed by atoms with Crippen LogP contribution in [0.4, 0.5) is 0 Å². The number of nitrogens with zero attached hydrogens (tertiary/aromatic N) is 8. The number of hydrogen-bond donors (Lipinski definition) is 1. The Labute approximate surface area is 596 Å². The minimum atomic E-state index is -0.595. The van der Waals surface area contributed by atoms with E-state index in [-0.39, 0.29) is 63.1 Å². The zero-order chi connectivity index (χ0) is 70.8. The van der Waals surface area contributed by atoms with Crippen LogP contribution in [-0.4, -0.2) is 113 Å². The maximum Gasteiger partial charge on any atom is 0.316 e. The molecule has 5 saturated carbocycles. The zero-order valence-corrected chi connectivity index (χ0v) is 60.4. The minimum Gasteiger partial charge on any atom is -0.468 e. The Hall–Kier alpha value is -7.68. The molecular weight excluding hydrogens is 1290 g/mol. The van der Waals surface area contributed by atoms with Crippen molar-refractivity contribution in [3.8, 4) is 45.4 Å². The van der Waals surface area contributed by atoms with Crippen LogP contribution in [0.2, 0.25) is 5.15 Å². The number of halogens is 1. The molecule has 1 N–H and O–H groups in total. The van der Waals surface area contributed by atoms with Gasteiger partial charge in [-0.25, -0.2) is 24.9 Å². The lowest BCUT2D eigenvalue weighted by atomic mass is 9.53. The third kappa shape index (κ3) is 12.4. The average molecular weight is 1390 g/mol. The quantitative estimate of drug-likeness (QED) is 0.0955. The van der Waals surface area contributed by atoms with E-state index in [0.717, 1.165) is 139 Å². The highest BCUT2D eigenvalue weighted by atomic mass is 35.5. The van der Waals surface area contributed by atoms with Crippen LogP contribution in [0.1, 0.15) is 173 Å². The topological polar surface area (TPSA) is 250 Å². The summed E-state index contributed by atoms with van der Waals surface area (Å²) in [7, 11) is 1.35. The Morgan fingerprint density at radius 1 is 0.475 bits per heavy atom. The van der Waals surface area contributed by atoms with Gasteiger partial charge in [-0.05, 0) is 137 Å². The van der Waals surface area contributed by atoms with Gasteiger partial charge in [0.15, 0.2) is 29.0 Å². The molecule has 8 aliphatic carbocycles. The van der Waals surface area contributed by atoms with Gasteiger partial charge in [-0.3, -0.25) is 38.9 Å². The Morgan fingerprint density at radius 3 is 1.46 bits per heavy atom. The smallest absolute Gasteiger partial charge is 0.316 e. The number of aromatic amines is 1. The largest absolute Gasteiger partial charge is 0.468 e. The first-order chi connectivity index (χ1) is 48.6. The summed E-state index contributed by atoms with van der Waals surface area (Å²) in [5.74, 6) is 2.83. The van der Waals surface area contributed by atoms with Crippen LogP contribution in [0.5, 0.6) is 0 Å². The van der Waals surface area contributed by atoms with Gasteiger partial charge in [0.05, 0.1) is 56.3 Å². The number of H-pyrrole nitrogens is 1. The molecule has 7 fully saturated rings. The third-order valence-corrected chi connectivity index (χ3v) is 26.5. The number of methoxy groups -OCH3 is 1. The summed E-state index contributed by atoms with van der Waals surface area (Å²) in [4.78, 5) is 102. The number of carbonyl (C=O) groups is 4. The molecule has 7 aromatic rings. The number of rotatable bonds is 5. The molecule has 6 aromatic heterocycles. The molecule has 530 valence electrons. The van der Waals surface area contributed by atoms with Gasteiger partial charge in [-0.15, -0.1) is 0 Å². The number of fused-ring (bicyclic) bond motifs is 10. The van der Waals surface area contributed by atoms with E-state index < -0.39 is 22.9 Å². The first kappa shape index (κ1) is 70.4. The van der Waals surface area contributed by atoms with E-state index in [1.807, 2.05) is 49.4 Å². The van der Waals surface area contributed by atoms with Crippen LogP contribution < -0.4 is 5.56 Å². The Bertz CT molecular complexity index is 4330. The Balaban J connectivity index is 0.000000115. The predicted molar refractivity (Wildman–Crippen MR) is 381 cm³/mol. The van der Waals surface area contributed by atoms with Crippen molar-refractivity contribution in [3.05, 3.63) is 153 Å². The summed E-state index contributed by atoms with van der Waals surface area (Å²) in [5, 5.41) is 0.552. The van der Waals surface area contributed by atoms with Crippen LogP contribution in [0.3, 0.4) is 0 Å². The molecule has 0 amide bonds. The molecule has 0 radical (unpaired) electrons. The number of ether oxygens (including phenoxy) is 5. The Morgan fingerprint density at radius 2 is 0.921 bits per heavy atom. The molecular formula is C81H94ClN9O10. The lowest BCUT2D eigenvalue weighted by Gasteiger charge is -2.54. The first-order valence-electron chi connectivity index (χ1n) is 36.7. The van der Waals surface area contributed by atoms with Gasteiger partial charge < -0.3 is 28.7 Å². The van der Waals surface area contributed by atoms with Gasteiger partial charge >= 0.3 is 5.97 Å². The molecule has 17 rings (SSSR count). The minimum absolute atomic E-state index is 0.00667. The molecule has 0 bridgehead atoms. The molecule has 10 aliphatic rings. The van der Waals surface area contributed by atoms with Gasteiger partial charge in [0.25, 0.3) is 5.56 Å². The highest BCUT2D eigenvalue weighted by molar-refractivity contribution is 6.30. The number of Topliss-reactive ketones (excluding diaryl/α,β-unsaturated/α-hetero) is 3. The molecule has 2 spiro atoms. The van der Waals surface area contributed by atoms with Crippen LogP contribution in [0, 0.1) is 58.7 Å². The number of esters is 1. The van der Waals surface area contributed by atoms with Crippen molar-refractivity contribution in [3.63, 3.8) is 0 Å². The fourth-order valence-electron chi connectivity index (χ4n) is 20.2. The van der Waals surface area contributed by atoms with E-state index in [9.17, 15) is 24.0 Å². The number of carbonyl (C=O) groups excluding carboxylic acids is 4. The lowest BCUT2D eigenvalue weighted by Crippen LogP contribution is -2.58. The summed E-state index contributed by atoms with van der Waals surface area (Å²) in [6, 6.07) is 21.9. The van der Waals surface area contributed by atoms with Crippen LogP contribution >= 0.6 is 11.6 Å². The van der Waals surface area contributed by atoms with E-state index in [2.05, 4.69) is 97.7 Å². The normalized spacial score (nSPS) is 31.5. The zero-order valence-electron chi connectivity index (χ0n) is 59.7. The number of pyridine rings is 3. The van der Waals surface area contributed by atoms with Crippen LogP contribution in [0.15, 0.2) is 109 Å². The van der Waals surface area contributed by atoms with Crippen molar-refractivity contribution in [1.82, 2.24) is 44.9 Å². The third-order valence-electron chi connectivity index (χ3n) is 26.1. The first-order valence-corrected chi connectivity index (χ1v) is 37.1. The molecule has 1 aromatic carbocycles. The monoisotopic (exact) mass is 1390 g/mol.